The second-order valence-electron chi connectivity index (χ2n) is 4.19. The van der Waals surface area contributed by atoms with Gasteiger partial charge < -0.3 is 15.5 Å². The Morgan fingerprint density at radius 3 is 2.60 bits per heavy atom. The van der Waals surface area contributed by atoms with Crippen LogP contribution in [0, 0.1) is 6.92 Å². The molecule has 6 nitrogen and oxygen atoms in total. The molecule has 0 aliphatic rings. The van der Waals surface area contributed by atoms with Crippen molar-refractivity contribution in [2.24, 2.45) is 0 Å². The number of hydrogen-bond donors (Lipinski definition) is 3. The maximum Gasteiger partial charge on any atom is 0.354 e. The molecule has 0 atom stereocenters. The van der Waals surface area contributed by atoms with E-state index >= 15 is 0 Å². The summed E-state index contributed by atoms with van der Waals surface area (Å²) in [6.07, 6.45) is 1.31. The minimum Gasteiger partial charge on any atom is -0.508 e. The van der Waals surface area contributed by atoms with Gasteiger partial charge in [-0.2, -0.15) is 0 Å². The Balaban J connectivity index is 2.21. The number of aromatic nitrogens is 1. The number of aromatic hydroxyl groups is 1. The normalized spacial score (nSPS) is 10.1. The summed E-state index contributed by atoms with van der Waals surface area (Å²) in [6.45, 7) is 1.68. The molecule has 102 valence electrons. The number of pyridine rings is 1. The average Bonchev–Trinajstić information content (AvgIpc) is 2.42. The molecule has 1 aromatic heterocycles. The van der Waals surface area contributed by atoms with Crippen LogP contribution in [0.15, 0.2) is 36.5 Å². The van der Waals surface area contributed by atoms with Crippen LogP contribution in [0.25, 0.3) is 0 Å². The topological polar surface area (TPSA) is 99.5 Å². The van der Waals surface area contributed by atoms with Gasteiger partial charge in [-0.25, -0.2) is 9.78 Å². The Kier molecular flexibility index (Phi) is 3.65. The van der Waals surface area contributed by atoms with E-state index in [2.05, 4.69) is 10.3 Å². The fraction of sp³-hybridized carbons (Fsp3) is 0.0714. The van der Waals surface area contributed by atoms with Gasteiger partial charge in [0, 0.05) is 17.4 Å². The molecule has 0 unspecified atom stereocenters. The fourth-order valence-corrected chi connectivity index (χ4v) is 1.63. The molecular formula is C14H12N2O4. The van der Waals surface area contributed by atoms with Crippen LogP contribution in [0.2, 0.25) is 0 Å². The van der Waals surface area contributed by atoms with Gasteiger partial charge in [0.2, 0.25) is 0 Å². The van der Waals surface area contributed by atoms with Crippen LogP contribution in [0.4, 0.5) is 5.69 Å². The van der Waals surface area contributed by atoms with Gasteiger partial charge in [0.15, 0.2) is 0 Å². The summed E-state index contributed by atoms with van der Waals surface area (Å²) >= 11 is 0. The van der Waals surface area contributed by atoms with E-state index in [-0.39, 0.29) is 11.4 Å². The lowest BCUT2D eigenvalue weighted by Crippen LogP contribution is -2.13. The van der Waals surface area contributed by atoms with Crippen LogP contribution in [-0.4, -0.2) is 27.1 Å². The zero-order valence-corrected chi connectivity index (χ0v) is 10.6. The molecule has 0 saturated heterocycles. The first-order valence-electron chi connectivity index (χ1n) is 5.77. The molecule has 0 saturated carbocycles. The smallest absolute Gasteiger partial charge is 0.354 e. The maximum atomic E-state index is 12.0. The Morgan fingerprint density at radius 1 is 1.20 bits per heavy atom. The number of nitrogens with one attached hydrogen (secondary N) is 1. The molecule has 0 fully saturated rings. The second kappa shape index (κ2) is 5.40. The molecule has 3 N–H and O–H groups in total. The minimum atomic E-state index is -1.17. The third-order valence-electron chi connectivity index (χ3n) is 2.70. The van der Waals surface area contributed by atoms with Crippen molar-refractivity contribution in [2.45, 2.75) is 6.92 Å². The lowest BCUT2D eigenvalue weighted by molar-refractivity contribution is 0.0690. The molecule has 0 bridgehead atoms. The van der Waals surface area contributed by atoms with Gasteiger partial charge in [-0.15, -0.1) is 0 Å². The number of amides is 1. The van der Waals surface area contributed by atoms with Crippen LogP contribution < -0.4 is 5.32 Å². The van der Waals surface area contributed by atoms with E-state index in [9.17, 15) is 14.7 Å². The van der Waals surface area contributed by atoms with Crippen molar-refractivity contribution < 1.29 is 19.8 Å². The number of hydrogen-bond acceptors (Lipinski definition) is 4. The van der Waals surface area contributed by atoms with E-state index in [1.165, 1.54) is 30.5 Å². The Labute approximate surface area is 114 Å². The van der Waals surface area contributed by atoms with Crippen molar-refractivity contribution >= 4 is 17.6 Å². The molecule has 20 heavy (non-hydrogen) atoms. The number of anilines is 1. The molecule has 0 spiro atoms. The van der Waals surface area contributed by atoms with Crippen LogP contribution in [0.1, 0.15) is 26.4 Å². The number of carboxylic acid groups (broad SMARTS) is 1. The predicted molar refractivity (Wildman–Crippen MR) is 72.0 cm³/mol. The Hall–Kier alpha value is -2.89. The highest BCUT2D eigenvalue weighted by Crippen LogP contribution is 2.18. The summed E-state index contributed by atoms with van der Waals surface area (Å²) in [5.41, 5.74) is 1.14. The molecule has 1 amide bonds. The molecule has 2 aromatic rings. The highest BCUT2D eigenvalue weighted by atomic mass is 16.4. The van der Waals surface area contributed by atoms with Gasteiger partial charge >= 0.3 is 5.97 Å². The molecule has 2 rings (SSSR count). The first kappa shape index (κ1) is 13.5. The summed E-state index contributed by atoms with van der Waals surface area (Å²) < 4.78 is 0. The van der Waals surface area contributed by atoms with E-state index in [1.807, 2.05) is 0 Å². The predicted octanol–water partition coefficient (Wildman–Crippen LogP) is 2.05. The summed E-state index contributed by atoms with van der Waals surface area (Å²) in [5, 5.41) is 20.8. The first-order valence-corrected chi connectivity index (χ1v) is 5.77. The molecular weight excluding hydrogens is 260 g/mol. The van der Waals surface area contributed by atoms with Crippen LogP contribution in [0.5, 0.6) is 5.75 Å². The highest BCUT2D eigenvalue weighted by molar-refractivity contribution is 6.04. The number of nitrogens with zero attached hydrogens (tertiary/aromatic N) is 1. The average molecular weight is 272 g/mol. The molecule has 1 heterocycles. The highest BCUT2D eigenvalue weighted by Gasteiger charge is 2.10. The molecule has 0 aliphatic carbocycles. The molecule has 6 heteroatoms. The third kappa shape index (κ3) is 2.92. The second-order valence-corrected chi connectivity index (χ2v) is 4.19. The van der Waals surface area contributed by atoms with E-state index in [0.717, 1.165) is 0 Å². The van der Waals surface area contributed by atoms with E-state index in [1.54, 1.807) is 13.0 Å². The molecule has 0 radical (unpaired) electrons. The lowest BCUT2D eigenvalue weighted by Gasteiger charge is -2.07. The number of rotatable bonds is 3. The van der Waals surface area contributed by atoms with Gasteiger partial charge in [-0.05, 0) is 42.8 Å². The molecule has 0 aliphatic heterocycles. The Bertz CT molecular complexity index is 683. The molecule has 1 aromatic carbocycles. The zero-order valence-electron chi connectivity index (χ0n) is 10.6. The van der Waals surface area contributed by atoms with Crippen molar-refractivity contribution in [1.82, 2.24) is 4.98 Å². The van der Waals surface area contributed by atoms with Crippen LogP contribution in [0.3, 0.4) is 0 Å². The summed E-state index contributed by atoms with van der Waals surface area (Å²) in [4.78, 5) is 26.4. The van der Waals surface area contributed by atoms with Gasteiger partial charge in [-0.3, -0.25) is 4.79 Å². The fourth-order valence-electron chi connectivity index (χ4n) is 1.63. The van der Waals surface area contributed by atoms with Gasteiger partial charge in [0.05, 0.1) is 0 Å². The van der Waals surface area contributed by atoms with E-state index in [0.29, 0.717) is 16.8 Å². The van der Waals surface area contributed by atoms with E-state index < -0.39 is 11.9 Å². The quantitative estimate of drug-likeness (QED) is 0.794. The maximum absolute atomic E-state index is 12.0. The van der Waals surface area contributed by atoms with Crippen molar-refractivity contribution in [2.75, 3.05) is 5.32 Å². The van der Waals surface area contributed by atoms with Crippen LogP contribution >= 0.6 is 0 Å². The van der Waals surface area contributed by atoms with Gasteiger partial charge in [-0.1, -0.05) is 0 Å². The SMILES string of the molecule is Cc1cc(C(=O)Nc2ccnc(C(=O)O)c2)ccc1O. The number of carbonyl (C=O) groups is 2. The largest absolute Gasteiger partial charge is 0.508 e. The number of phenolic OH excluding ortho intramolecular Hbond substituents is 1. The van der Waals surface area contributed by atoms with Gasteiger partial charge in [0.1, 0.15) is 11.4 Å². The zero-order chi connectivity index (χ0) is 14.7. The summed E-state index contributed by atoms with van der Waals surface area (Å²) in [7, 11) is 0. The number of aromatic carboxylic acids is 1. The number of carbonyl (C=O) groups excluding carboxylic acids is 1. The summed E-state index contributed by atoms with van der Waals surface area (Å²) in [6, 6.07) is 7.23. The lowest BCUT2D eigenvalue weighted by atomic mass is 10.1. The van der Waals surface area contributed by atoms with Crippen molar-refractivity contribution in [3.63, 3.8) is 0 Å². The van der Waals surface area contributed by atoms with Crippen LogP contribution in [-0.2, 0) is 0 Å². The summed E-state index contributed by atoms with van der Waals surface area (Å²) in [5.74, 6) is -1.45. The van der Waals surface area contributed by atoms with Crippen molar-refractivity contribution in [3.05, 3.63) is 53.3 Å². The Morgan fingerprint density at radius 2 is 1.95 bits per heavy atom. The standard InChI is InChI=1S/C14H12N2O4/c1-8-6-9(2-3-12(8)17)13(18)16-10-4-5-15-11(7-10)14(19)20/h2-7,17H,1H3,(H,19,20)(H,15,16,18). The van der Waals surface area contributed by atoms with Gasteiger partial charge in [0.25, 0.3) is 5.91 Å². The minimum absolute atomic E-state index is 0.110. The number of benzene rings is 1. The monoisotopic (exact) mass is 272 g/mol. The number of phenols is 1. The van der Waals surface area contributed by atoms with Crippen molar-refractivity contribution in [3.8, 4) is 5.75 Å². The first-order chi connectivity index (χ1) is 9.47. The number of carboxylic acids is 1. The third-order valence-corrected chi connectivity index (χ3v) is 2.70. The van der Waals surface area contributed by atoms with E-state index in [4.69, 9.17) is 5.11 Å². The number of aryl methyl sites for hydroxylation is 1. The van der Waals surface area contributed by atoms with Crippen molar-refractivity contribution in [1.29, 1.82) is 0 Å².